The number of carbonyl (C=O) groups excluding carboxylic acids is 1. The van der Waals surface area contributed by atoms with Crippen LogP contribution in [0.4, 0.5) is 24.7 Å². The Morgan fingerprint density at radius 3 is 2.72 bits per heavy atom. The number of carbonyl (C=O) groups is 1. The molecule has 5 N–H and O–H groups in total. The Kier molecular flexibility index (Phi) is 4.98. The van der Waals surface area contributed by atoms with Crippen LogP contribution in [-0.4, -0.2) is 40.5 Å². The minimum atomic E-state index is -5.11. The van der Waals surface area contributed by atoms with Crippen LogP contribution in [0.2, 0.25) is 0 Å². The Balaban J connectivity index is 1.86. The number of halogens is 3. The van der Waals surface area contributed by atoms with E-state index in [2.05, 4.69) is 15.0 Å². The van der Waals surface area contributed by atoms with Gasteiger partial charge in [0.25, 0.3) is 0 Å². The van der Waals surface area contributed by atoms with Crippen LogP contribution in [0.3, 0.4) is 0 Å². The van der Waals surface area contributed by atoms with Gasteiger partial charge < -0.3 is 30.7 Å². The zero-order valence-electron chi connectivity index (χ0n) is 14.5. The minimum Gasteiger partial charge on any atom is -0.504 e. The Hall–Kier alpha value is -3.88. The molecular formula is C17H13F3N4O5. The van der Waals surface area contributed by atoms with Gasteiger partial charge >= 0.3 is 12.1 Å². The molecule has 2 heterocycles. The number of aromatic hydroxyl groups is 2. The summed E-state index contributed by atoms with van der Waals surface area (Å²) in [6.07, 6.45) is -4.99. The molecule has 0 bridgehead atoms. The largest absolute Gasteiger partial charge is 0.504 e. The van der Waals surface area contributed by atoms with Gasteiger partial charge in [-0.15, -0.1) is 0 Å². The molecule has 0 atom stereocenters. The summed E-state index contributed by atoms with van der Waals surface area (Å²) in [5.74, 6) is -3.06. The molecule has 0 fully saturated rings. The summed E-state index contributed by atoms with van der Waals surface area (Å²) < 4.78 is 46.2. The van der Waals surface area contributed by atoms with Gasteiger partial charge in [-0.3, -0.25) is 0 Å². The summed E-state index contributed by atoms with van der Waals surface area (Å²) in [6.45, 7) is -0.869. The molecule has 0 saturated carbocycles. The molecule has 1 aromatic carbocycles. The molecule has 0 aliphatic carbocycles. The molecule has 0 spiro atoms. The number of nitrogens with zero attached hydrogens (tertiary/aromatic N) is 2. The number of aromatic nitrogens is 1. The van der Waals surface area contributed by atoms with Gasteiger partial charge in [0.05, 0.1) is 5.69 Å². The number of hydrogen-bond donors (Lipinski definition) is 4. The number of nitrogens with one attached hydrogen (secondary N) is 1. The number of ether oxygens (including phenoxy) is 2. The molecule has 1 aromatic heterocycles. The number of nitrogens with two attached hydrogens (primary N) is 1. The molecule has 0 radical (unpaired) electrons. The predicted molar refractivity (Wildman–Crippen MR) is 91.5 cm³/mol. The molecule has 152 valence electrons. The SMILES string of the molecule is N#Cc1c(N)nc2c(c1NCCOC(=O)C(F)(F)F)Cc1cc(O)c(O)cc1O2. The van der Waals surface area contributed by atoms with Crippen molar-refractivity contribution in [3.63, 3.8) is 0 Å². The fourth-order valence-electron chi connectivity index (χ4n) is 2.71. The molecule has 1 aliphatic heterocycles. The standard InChI is InChI=1S/C17H13F3N4O5/c18-17(19,20)16(27)28-2-1-23-13-8-3-7-4-10(25)11(26)5-12(7)29-15(8)24-14(22)9(13)6-21/h4-5,25-26H,1-3H2,(H3,22,23,24). The van der Waals surface area contributed by atoms with E-state index in [1.54, 1.807) is 0 Å². The van der Waals surface area contributed by atoms with Gasteiger partial charge in [-0.25, -0.2) is 4.79 Å². The summed E-state index contributed by atoms with van der Waals surface area (Å²) in [5.41, 5.74) is 6.67. The lowest BCUT2D eigenvalue weighted by Crippen LogP contribution is -2.27. The normalized spacial score (nSPS) is 12.2. The Morgan fingerprint density at radius 2 is 2.07 bits per heavy atom. The fraction of sp³-hybridized carbons (Fsp3) is 0.235. The number of alkyl halides is 3. The highest BCUT2D eigenvalue weighted by Gasteiger charge is 2.40. The highest BCUT2D eigenvalue weighted by molar-refractivity contribution is 5.76. The third-order valence-electron chi connectivity index (χ3n) is 4.00. The average Bonchev–Trinajstić information content (AvgIpc) is 2.63. The molecule has 0 saturated heterocycles. The predicted octanol–water partition coefficient (Wildman–Crippen LogP) is 2.16. The lowest BCUT2D eigenvalue weighted by Gasteiger charge is -2.24. The third-order valence-corrected chi connectivity index (χ3v) is 4.00. The second-order valence-electron chi connectivity index (χ2n) is 5.93. The van der Waals surface area contributed by atoms with E-state index in [0.717, 1.165) is 0 Å². The summed E-state index contributed by atoms with van der Waals surface area (Å²) in [6, 6.07) is 4.31. The van der Waals surface area contributed by atoms with Crippen LogP contribution < -0.4 is 15.8 Å². The smallest absolute Gasteiger partial charge is 0.490 e. The van der Waals surface area contributed by atoms with Gasteiger partial charge in [0.1, 0.15) is 29.8 Å². The number of nitrogen functional groups attached to an aromatic ring is 1. The Morgan fingerprint density at radius 1 is 1.38 bits per heavy atom. The Labute approximate surface area is 161 Å². The molecule has 0 amide bonds. The van der Waals surface area contributed by atoms with E-state index >= 15 is 0 Å². The van der Waals surface area contributed by atoms with Crippen LogP contribution in [0.1, 0.15) is 16.7 Å². The monoisotopic (exact) mass is 410 g/mol. The van der Waals surface area contributed by atoms with E-state index in [1.165, 1.54) is 12.1 Å². The number of rotatable bonds is 4. The summed E-state index contributed by atoms with van der Waals surface area (Å²) >= 11 is 0. The number of anilines is 2. The number of pyridine rings is 1. The molecule has 3 rings (SSSR count). The van der Waals surface area contributed by atoms with Crippen molar-refractivity contribution >= 4 is 17.5 Å². The molecule has 1 aliphatic rings. The first-order valence-corrected chi connectivity index (χ1v) is 8.04. The number of phenolic OH excluding ortho intramolecular Hbond substituents is 2. The van der Waals surface area contributed by atoms with Crippen LogP contribution in [0.15, 0.2) is 12.1 Å². The quantitative estimate of drug-likeness (QED) is 0.288. The van der Waals surface area contributed by atoms with Crippen LogP contribution in [0, 0.1) is 11.3 Å². The molecule has 29 heavy (non-hydrogen) atoms. The second kappa shape index (κ2) is 7.27. The number of esters is 1. The number of phenols is 2. The molecular weight excluding hydrogens is 397 g/mol. The van der Waals surface area contributed by atoms with Crippen molar-refractivity contribution in [1.29, 1.82) is 5.26 Å². The fourth-order valence-corrected chi connectivity index (χ4v) is 2.71. The van der Waals surface area contributed by atoms with Gasteiger partial charge in [0, 0.05) is 30.2 Å². The van der Waals surface area contributed by atoms with E-state index in [9.17, 15) is 33.4 Å². The maximum atomic E-state index is 12.2. The van der Waals surface area contributed by atoms with Crippen LogP contribution >= 0.6 is 0 Å². The van der Waals surface area contributed by atoms with Gasteiger partial charge in [-0.1, -0.05) is 0 Å². The van der Waals surface area contributed by atoms with Crippen molar-refractivity contribution < 1.29 is 37.7 Å². The number of fused-ring (bicyclic) bond motifs is 2. The Bertz CT molecular complexity index is 1030. The van der Waals surface area contributed by atoms with E-state index in [0.29, 0.717) is 11.1 Å². The maximum Gasteiger partial charge on any atom is 0.490 e. The topological polar surface area (TPSA) is 151 Å². The van der Waals surface area contributed by atoms with Crippen molar-refractivity contribution in [3.8, 4) is 29.2 Å². The third kappa shape index (κ3) is 3.88. The average molecular weight is 410 g/mol. The van der Waals surface area contributed by atoms with Gasteiger partial charge in [0.2, 0.25) is 5.88 Å². The van der Waals surface area contributed by atoms with E-state index in [1.807, 2.05) is 6.07 Å². The highest BCUT2D eigenvalue weighted by Crippen LogP contribution is 2.44. The van der Waals surface area contributed by atoms with Crippen LogP contribution in [0.5, 0.6) is 23.1 Å². The van der Waals surface area contributed by atoms with Crippen molar-refractivity contribution in [1.82, 2.24) is 4.98 Å². The van der Waals surface area contributed by atoms with Crippen LogP contribution in [0.25, 0.3) is 0 Å². The number of nitriles is 1. The van der Waals surface area contributed by atoms with Gasteiger partial charge in [-0.05, 0) is 6.07 Å². The van der Waals surface area contributed by atoms with Crippen LogP contribution in [-0.2, 0) is 16.0 Å². The first-order chi connectivity index (χ1) is 13.6. The van der Waals surface area contributed by atoms with Gasteiger partial charge in [-0.2, -0.15) is 23.4 Å². The maximum absolute atomic E-state index is 12.2. The molecule has 2 aromatic rings. The van der Waals surface area contributed by atoms with E-state index in [-0.39, 0.29) is 47.4 Å². The zero-order chi connectivity index (χ0) is 21.3. The van der Waals surface area contributed by atoms with Crippen molar-refractivity contribution in [2.75, 3.05) is 24.2 Å². The van der Waals surface area contributed by atoms with Crippen molar-refractivity contribution in [2.24, 2.45) is 0 Å². The summed E-state index contributed by atoms with van der Waals surface area (Å²) in [7, 11) is 0. The minimum absolute atomic E-state index is 0.0221. The molecule has 12 heteroatoms. The number of hydrogen-bond acceptors (Lipinski definition) is 9. The van der Waals surface area contributed by atoms with Gasteiger partial charge in [0.15, 0.2) is 11.5 Å². The molecule has 9 nitrogen and oxygen atoms in total. The summed E-state index contributed by atoms with van der Waals surface area (Å²) in [5, 5.41) is 31.4. The zero-order valence-corrected chi connectivity index (χ0v) is 14.5. The summed E-state index contributed by atoms with van der Waals surface area (Å²) in [4.78, 5) is 14.8. The first-order valence-electron chi connectivity index (χ1n) is 8.04. The van der Waals surface area contributed by atoms with E-state index in [4.69, 9.17) is 10.5 Å². The lowest BCUT2D eigenvalue weighted by atomic mass is 9.98. The highest BCUT2D eigenvalue weighted by atomic mass is 19.4. The van der Waals surface area contributed by atoms with Crippen molar-refractivity contribution in [3.05, 3.63) is 28.8 Å². The number of benzene rings is 1. The second-order valence-corrected chi connectivity index (χ2v) is 5.93. The first kappa shape index (κ1) is 19.9. The van der Waals surface area contributed by atoms with Crippen molar-refractivity contribution in [2.45, 2.75) is 12.6 Å². The van der Waals surface area contributed by atoms with E-state index < -0.39 is 24.5 Å². The molecule has 0 unspecified atom stereocenters. The lowest BCUT2D eigenvalue weighted by molar-refractivity contribution is -0.199.